The molecule has 1 unspecified atom stereocenters. The molecule has 0 saturated carbocycles. The molecule has 1 aromatic carbocycles. The van der Waals surface area contributed by atoms with Crippen molar-refractivity contribution in [3.8, 4) is 6.07 Å². The average molecular weight is 232 g/mol. The number of rotatable bonds is 5. The van der Waals surface area contributed by atoms with Crippen molar-refractivity contribution in [2.24, 2.45) is 0 Å². The van der Waals surface area contributed by atoms with Crippen LogP contribution in [0.4, 0.5) is 5.69 Å². The maximum absolute atomic E-state index is 9.18. The van der Waals surface area contributed by atoms with Gasteiger partial charge in [-0.1, -0.05) is 13.0 Å². The first-order chi connectivity index (χ1) is 8.17. The van der Waals surface area contributed by atoms with Crippen LogP contribution in [-0.4, -0.2) is 17.7 Å². The number of anilines is 1. The molecule has 0 aromatic heterocycles. The van der Waals surface area contributed by atoms with Crippen LogP contribution in [0.15, 0.2) is 18.2 Å². The van der Waals surface area contributed by atoms with E-state index in [1.807, 2.05) is 12.1 Å². The highest BCUT2D eigenvalue weighted by molar-refractivity contribution is 5.61. The average Bonchev–Trinajstić information content (AvgIpc) is 2.39. The van der Waals surface area contributed by atoms with Gasteiger partial charge < -0.3 is 10.0 Å². The Balaban J connectivity index is 3.16. The highest BCUT2D eigenvalue weighted by Crippen LogP contribution is 2.24. The van der Waals surface area contributed by atoms with Gasteiger partial charge in [0.05, 0.1) is 17.9 Å². The molecular weight excluding hydrogens is 212 g/mol. The maximum Gasteiger partial charge on any atom is 0.101 e. The second-order valence-electron chi connectivity index (χ2n) is 4.16. The van der Waals surface area contributed by atoms with E-state index in [9.17, 15) is 5.26 Å². The summed E-state index contributed by atoms with van der Waals surface area (Å²) in [6.45, 7) is 7.24. The normalized spacial score (nSPS) is 11.9. The summed E-state index contributed by atoms with van der Waals surface area (Å²) in [5.41, 5.74) is 2.38. The zero-order valence-electron chi connectivity index (χ0n) is 10.8. The van der Waals surface area contributed by atoms with Crippen molar-refractivity contribution in [2.45, 2.75) is 39.8 Å². The summed E-state index contributed by atoms with van der Waals surface area (Å²) in [7, 11) is 0. The predicted molar refractivity (Wildman–Crippen MR) is 69.9 cm³/mol. The minimum Gasteiger partial charge on any atom is -0.392 e. The largest absolute Gasteiger partial charge is 0.392 e. The van der Waals surface area contributed by atoms with Gasteiger partial charge in [-0.25, -0.2) is 0 Å². The Labute approximate surface area is 103 Å². The lowest BCUT2D eigenvalue weighted by molar-refractivity contribution is 0.282. The summed E-state index contributed by atoms with van der Waals surface area (Å²) < 4.78 is 0. The first-order valence-electron chi connectivity index (χ1n) is 6.08. The van der Waals surface area contributed by atoms with Crippen molar-refractivity contribution >= 4 is 5.69 Å². The third-order valence-electron chi connectivity index (χ3n) is 3.14. The molecule has 0 radical (unpaired) electrons. The molecule has 1 N–H and O–H groups in total. The van der Waals surface area contributed by atoms with E-state index in [0.29, 0.717) is 11.6 Å². The SMILES string of the molecule is CCC(C)N(CC)c1ccc(CO)cc1C#N. The third-order valence-corrected chi connectivity index (χ3v) is 3.14. The second-order valence-corrected chi connectivity index (χ2v) is 4.16. The molecule has 1 rings (SSSR count). The number of hydrogen-bond acceptors (Lipinski definition) is 3. The molecular formula is C14H20N2O. The van der Waals surface area contributed by atoms with Crippen molar-refractivity contribution in [1.29, 1.82) is 5.26 Å². The van der Waals surface area contributed by atoms with Crippen molar-refractivity contribution < 1.29 is 5.11 Å². The van der Waals surface area contributed by atoms with Gasteiger partial charge in [-0.2, -0.15) is 5.26 Å². The van der Waals surface area contributed by atoms with E-state index >= 15 is 0 Å². The summed E-state index contributed by atoms with van der Waals surface area (Å²) in [4.78, 5) is 2.22. The zero-order chi connectivity index (χ0) is 12.8. The summed E-state index contributed by atoms with van der Waals surface area (Å²) in [6, 6.07) is 8.19. The van der Waals surface area contributed by atoms with Gasteiger partial charge in [0.2, 0.25) is 0 Å². The Bertz CT molecular complexity index is 409. The van der Waals surface area contributed by atoms with E-state index in [1.165, 1.54) is 0 Å². The van der Waals surface area contributed by atoms with Crippen molar-refractivity contribution in [3.05, 3.63) is 29.3 Å². The molecule has 17 heavy (non-hydrogen) atoms. The minimum absolute atomic E-state index is 0.0234. The summed E-state index contributed by atoms with van der Waals surface area (Å²) in [5, 5.41) is 18.3. The number of benzene rings is 1. The monoisotopic (exact) mass is 232 g/mol. The smallest absolute Gasteiger partial charge is 0.101 e. The molecule has 0 heterocycles. The standard InChI is InChI=1S/C14H20N2O/c1-4-11(3)16(5-2)14-7-6-12(10-17)8-13(14)9-15/h6-8,11,17H,4-5,10H2,1-3H3. The van der Waals surface area contributed by atoms with Crippen LogP contribution in [0.2, 0.25) is 0 Å². The Morgan fingerprint density at radius 2 is 2.12 bits per heavy atom. The van der Waals surface area contributed by atoms with Crippen LogP contribution >= 0.6 is 0 Å². The van der Waals surface area contributed by atoms with E-state index in [-0.39, 0.29) is 6.61 Å². The van der Waals surface area contributed by atoms with Gasteiger partial charge in [0.1, 0.15) is 6.07 Å². The molecule has 0 fully saturated rings. The fourth-order valence-corrected chi connectivity index (χ4v) is 1.96. The number of nitriles is 1. The highest BCUT2D eigenvalue weighted by atomic mass is 16.3. The molecule has 0 amide bonds. The lowest BCUT2D eigenvalue weighted by atomic mass is 10.1. The van der Waals surface area contributed by atoms with E-state index in [1.54, 1.807) is 6.07 Å². The molecule has 0 bridgehead atoms. The van der Waals surface area contributed by atoms with Crippen LogP contribution in [-0.2, 0) is 6.61 Å². The maximum atomic E-state index is 9.18. The first kappa shape index (κ1) is 13.5. The van der Waals surface area contributed by atoms with Crippen LogP contribution in [0.1, 0.15) is 38.3 Å². The topological polar surface area (TPSA) is 47.3 Å². The summed E-state index contributed by atoms with van der Waals surface area (Å²) in [6.07, 6.45) is 1.04. The lowest BCUT2D eigenvalue weighted by Crippen LogP contribution is -2.32. The van der Waals surface area contributed by atoms with E-state index in [4.69, 9.17) is 5.11 Å². The van der Waals surface area contributed by atoms with Gasteiger partial charge in [-0.15, -0.1) is 0 Å². The Hall–Kier alpha value is -1.53. The number of aliphatic hydroxyl groups is 1. The Morgan fingerprint density at radius 3 is 2.59 bits per heavy atom. The van der Waals surface area contributed by atoms with Crippen LogP contribution < -0.4 is 4.90 Å². The molecule has 3 nitrogen and oxygen atoms in total. The number of nitrogens with zero attached hydrogens (tertiary/aromatic N) is 2. The molecule has 0 saturated heterocycles. The third kappa shape index (κ3) is 2.98. The fourth-order valence-electron chi connectivity index (χ4n) is 1.96. The van der Waals surface area contributed by atoms with Crippen LogP contribution in [0.25, 0.3) is 0 Å². The fraction of sp³-hybridized carbons (Fsp3) is 0.500. The number of aliphatic hydroxyl groups excluding tert-OH is 1. The zero-order valence-corrected chi connectivity index (χ0v) is 10.8. The van der Waals surface area contributed by atoms with Crippen molar-refractivity contribution in [2.75, 3.05) is 11.4 Å². The van der Waals surface area contributed by atoms with E-state index in [2.05, 4.69) is 31.7 Å². The second kappa shape index (κ2) is 6.27. The molecule has 0 aliphatic heterocycles. The molecule has 0 aliphatic rings. The van der Waals surface area contributed by atoms with Crippen molar-refractivity contribution in [1.82, 2.24) is 0 Å². The van der Waals surface area contributed by atoms with Gasteiger partial charge in [0.25, 0.3) is 0 Å². The quantitative estimate of drug-likeness (QED) is 0.849. The molecule has 3 heteroatoms. The van der Waals surface area contributed by atoms with Gasteiger partial charge in [-0.3, -0.25) is 0 Å². The van der Waals surface area contributed by atoms with Gasteiger partial charge in [-0.05, 0) is 38.0 Å². The van der Waals surface area contributed by atoms with Crippen LogP contribution in [0.3, 0.4) is 0 Å². The highest BCUT2D eigenvalue weighted by Gasteiger charge is 2.14. The Kier molecular flexibility index (Phi) is 4.99. The summed E-state index contributed by atoms with van der Waals surface area (Å²) >= 11 is 0. The lowest BCUT2D eigenvalue weighted by Gasteiger charge is -2.30. The van der Waals surface area contributed by atoms with Gasteiger partial charge >= 0.3 is 0 Å². The van der Waals surface area contributed by atoms with E-state index in [0.717, 1.165) is 24.2 Å². The number of hydrogen-bond donors (Lipinski definition) is 1. The van der Waals surface area contributed by atoms with Crippen LogP contribution in [0.5, 0.6) is 0 Å². The van der Waals surface area contributed by atoms with Crippen molar-refractivity contribution in [3.63, 3.8) is 0 Å². The molecule has 0 aliphatic carbocycles. The predicted octanol–water partition coefficient (Wildman–Crippen LogP) is 2.68. The summed E-state index contributed by atoms with van der Waals surface area (Å²) in [5.74, 6) is 0. The Morgan fingerprint density at radius 1 is 1.41 bits per heavy atom. The first-order valence-corrected chi connectivity index (χ1v) is 6.08. The van der Waals surface area contributed by atoms with Gasteiger partial charge in [0, 0.05) is 12.6 Å². The molecule has 1 aromatic rings. The van der Waals surface area contributed by atoms with E-state index < -0.39 is 0 Å². The minimum atomic E-state index is -0.0234. The van der Waals surface area contributed by atoms with Gasteiger partial charge in [0.15, 0.2) is 0 Å². The van der Waals surface area contributed by atoms with Crippen LogP contribution in [0, 0.1) is 11.3 Å². The molecule has 92 valence electrons. The molecule has 0 spiro atoms. The molecule has 1 atom stereocenters.